The minimum Gasteiger partial charge on any atom is -0.321 e. The molecule has 1 aromatic rings. The van der Waals surface area contributed by atoms with Crippen molar-refractivity contribution in [3.05, 3.63) is 35.4 Å². The van der Waals surface area contributed by atoms with E-state index in [2.05, 4.69) is 45.0 Å². The molecule has 0 saturated heterocycles. The van der Waals surface area contributed by atoms with Crippen LogP contribution in [-0.4, -0.2) is 0 Å². The lowest BCUT2D eigenvalue weighted by atomic mass is 9.67. The summed E-state index contributed by atoms with van der Waals surface area (Å²) in [6.45, 7) is 7.21. The van der Waals surface area contributed by atoms with Crippen LogP contribution in [0.3, 0.4) is 0 Å². The van der Waals surface area contributed by atoms with Crippen molar-refractivity contribution in [2.45, 2.75) is 83.6 Å². The minimum atomic E-state index is -0.0442. The largest absolute Gasteiger partial charge is 0.321 e. The van der Waals surface area contributed by atoms with Crippen molar-refractivity contribution in [1.82, 2.24) is 0 Å². The molecule has 2 N–H and O–H groups in total. The summed E-state index contributed by atoms with van der Waals surface area (Å²) in [5, 5.41) is 0. The zero-order valence-electron chi connectivity index (χ0n) is 14.7. The third-order valence-electron chi connectivity index (χ3n) is 6.38. The van der Waals surface area contributed by atoms with Gasteiger partial charge < -0.3 is 5.73 Å². The lowest BCUT2D eigenvalue weighted by Crippen LogP contribution is -2.35. The summed E-state index contributed by atoms with van der Waals surface area (Å²) in [6.07, 6.45) is 10.4. The first kappa shape index (κ1) is 16.1. The first-order chi connectivity index (χ1) is 10.4. The second-order valence-electron chi connectivity index (χ2n) is 8.87. The van der Waals surface area contributed by atoms with E-state index in [1.165, 1.54) is 56.9 Å². The van der Waals surface area contributed by atoms with Crippen LogP contribution in [0.1, 0.15) is 89.2 Å². The molecule has 1 heteroatoms. The molecule has 0 radical (unpaired) electrons. The molecule has 0 aliphatic heterocycles. The topological polar surface area (TPSA) is 26.0 Å². The molecule has 0 unspecified atom stereocenters. The summed E-state index contributed by atoms with van der Waals surface area (Å²) in [6, 6.07) is 9.08. The summed E-state index contributed by atoms with van der Waals surface area (Å²) >= 11 is 0. The molecule has 3 rings (SSSR count). The van der Waals surface area contributed by atoms with E-state index in [4.69, 9.17) is 5.73 Å². The van der Waals surface area contributed by atoms with Gasteiger partial charge in [0.1, 0.15) is 0 Å². The molecule has 0 heterocycles. The smallest absolute Gasteiger partial charge is 0.0412 e. The standard InChI is InChI=1S/C21H33N/c1-20(2,3)17-12-10-16(11-13-17)18-8-4-5-9-19(18)21(22)14-6-7-15-21/h4-5,8-9,16-17H,6-7,10-15,22H2,1-3H3. The van der Waals surface area contributed by atoms with Crippen LogP contribution in [0.15, 0.2) is 24.3 Å². The summed E-state index contributed by atoms with van der Waals surface area (Å²) in [5.41, 5.74) is 10.2. The fourth-order valence-corrected chi connectivity index (χ4v) is 4.85. The van der Waals surface area contributed by atoms with Gasteiger partial charge in [-0.05, 0) is 66.9 Å². The Bertz CT molecular complexity index is 497. The van der Waals surface area contributed by atoms with Crippen molar-refractivity contribution in [1.29, 1.82) is 0 Å². The maximum absolute atomic E-state index is 6.78. The van der Waals surface area contributed by atoms with Gasteiger partial charge in [-0.1, -0.05) is 57.9 Å². The van der Waals surface area contributed by atoms with Crippen LogP contribution in [0.4, 0.5) is 0 Å². The minimum absolute atomic E-state index is 0.0442. The Labute approximate surface area is 136 Å². The van der Waals surface area contributed by atoms with Gasteiger partial charge in [0.25, 0.3) is 0 Å². The highest BCUT2D eigenvalue weighted by Crippen LogP contribution is 2.46. The summed E-state index contributed by atoms with van der Waals surface area (Å²) in [4.78, 5) is 0. The van der Waals surface area contributed by atoms with E-state index in [0.29, 0.717) is 5.41 Å². The van der Waals surface area contributed by atoms with Gasteiger partial charge in [0.15, 0.2) is 0 Å². The van der Waals surface area contributed by atoms with Crippen LogP contribution in [0.25, 0.3) is 0 Å². The molecule has 2 aliphatic carbocycles. The Morgan fingerprint density at radius 1 is 0.955 bits per heavy atom. The molecule has 1 aromatic carbocycles. The lowest BCUT2D eigenvalue weighted by Gasteiger charge is -2.38. The molecule has 0 aromatic heterocycles. The van der Waals surface area contributed by atoms with Crippen molar-refractivity contribution in [3.8, 4) is 0 Å². The Morgan fingerprint density at radius 2 is 1.55 bits per heavy atom. The van der Waals surface area contributed by atoms with Gasteiger partial charge in [0.2, 0.25) is 0 Å². The van der Waals surface area contributed by atoms with Gasteiger partial charge in [-0.15, -0.1) is 0 Å². The zero-order chi connectivity index (χ0) is 15.8. The Hall–Kier alpha value is -0.820. The van der Waals surface area contributed by atoms with Gasteiger partial charge in [0.05, 0.1) is 0 Å². The molecule has 122 valence electrons. The number of benzene rings is 1. The first-order valence-electron chi connectivity index (χ1n) is 9.28. The molecule has 2 aliphatic rings. The Kier molecular flexibility index (Phi) is 4.38. The van der Waals surface area contributed by atoms with E-state index in [1.807, 2.05) is 0 Å². The highest BCUT2D eigenvalue weighted by molar-refractivity contribution is 5.37. The molecular weight excluding hydrogens is 266 g/mol. The van der Waals surface area contributed by atoms with E-state index in [-0.39, 0.29) is 5.54 Å². The average molecular weight is 300 g/mol. The van der Waals surface area contributed by atoms with E-state index < -0.39 is 0 Å². The van der Waals surface area contributed by atoms with Gasteiger partial charge >= 0.3 is 0 Å². The fourth-order valence-electron chi connectivity index (χ4n) is 4.85. The number of nitrogens with two attached hydrogens (primary N) is 1. The number of rotatable bonds is 2. The van der Waals surface area contributed by atoms with Crippen molar-refractivity contribution >= 4 is 0 Å². The highest BCUT2D eigenvalue weighted by atomic mass is 14.8. The van der Waals surface area contributed by atoms with E-state index in [1.54, 1.807) is 5.56 Å². The maximum Gasteiger partial charge on any atom is 0.0412 e. The monoisotopic (exact) mass is 299 g/mol. The lowest BCUT2D eigenvalue weighted by molar-refractivity contribution is 0.168. The number of hydrogen-bond donors (Lipinski definition) is 1. The predicted octanol–water partition coefficient (Wildman–Crippen LogP) is 5.73. The van der Waals surface area contributed by atoms with Gasteiger partial charge in [-0.3, -0.25) is 0 Å². The van der Waals surface area contributed by atoms with Crippen molar-refractivity contribution in [3.63, 3.8) is 0 Å². The Morgan fingerprint density at radius 3 is 2.14 bits per heavy atom. The summed E-state index contributed by atoms with van der Waals surface area (Å²) in [7, 11) is 0. The molecule has 0 atom stereocenters. The van der Waals surface area contributed by atoms with E-state index in [9.17, 15) is 0 Å². The third kappa shape index (κ3) is 3.11. The predicted molar refractivity (Wildman–Crippen MR) is 94.9 cm³/mol. The number of hydrogen-bond acceptors (Lipinski definition) is 1. The van der Waals surface area contributed by atoms with E-state index >= 15 is 0 Å². The van der Waals surface area contributed by atoms with Crippen LogP contribution in [-0.2, 0) is 5.54 Å². The second kappa shape index (κ2) is 6.00. The van der Waals surface area contributed by atoms with Crippen molar-refractivity contribution in [2.24, 2.45) is 17.1 Å². The molecule has 1 nitrogen and oxygen atoms in total. The van der Waals surface area contributed by atoms with Crippen molar-refractivity contribution in [2.75, 3.05) is 0 Å². The van der Waals surface area contributed by atoms with Gasteiger partial charge in [-0.2, -0.15) is 0 Å². The normalized spacial score (nSPS) is 28.7. The molecule has 22 heavy (non-hydrogen) atoms. The van der Waals surface area contributed by atoms with Crippen LogP contribution < -0.4 is 5.73 Å². The van der Waals surface area contributed by atoms with Gasteiger partial charge in [-0.25, -0.2) is 0 Å². The molecule has 2 saturated carbocycles. The maximum atomic E-state index is 6.78. The SMILES string of the molecule is CC(C)(C)C1CCC(c2ccccc2C2(N)CCCC2)CC1. The average Bonchev–Trinajstić information content (AvgIpc) is 2.95. The third-order valence-corrected chi connectivity index (χ3v) is 6.38. The zero-order valence-corrected chi connectivity index (χ0v) is 14.7. The first-order valence-corrected chi connectivity index (χ1v) is 9.28. The van der Waals surface area contributed by atoms with Crippen LogP contribution in [0.5, 0.6) is 0 Å². The van der Waals surface area contributed by atoms with E-state index in [0.717, 1.165) is 11.8 Å². The fraction of sp³-hybridized carbons (Fsp3) is 0.714. The molecular formula is C21H33N. The van der Waals surface area contributed by atoms with Crippen LogP contribution >= 0.6 is 0 Å². The van der Waals surface area contributed by atoms with Gasteiger partial charge in [0, 0.05) is 5.54 Å². The Balaban J connectivity index is 1.79. The molecule has 0 bridgehead atoms. The molecule has 2 fully saturated rings. The summed E-state index contributed by atoms with van der Waals surface area (Å²) in [5.74, 6) is 1.62. The van der Waals surface area contributed by atoms with Crippen LogP contribution in [0, 0.1) is 11.3 Å². The summed E-state index contributed by atoms with van der Waals surface area (Å²) < 4.78 is 0. The van der Waals surface area contributed by atoms with Crippen LogP contribution in [0.2, 0.25) is 0 Å². The molecule has 0 spiro atoms. The molecule has 0 amide bonds. The second-order valence-corrected chi connectivity index (χ2v) is 8.87. The van der Waals surface area contributed by atoms with Crippen molar-refractivity contribution < 1.29 is 0 Å². The quantitative estimate of drug-likeness (QED) is 0.741. The highest BCUT2D eigenvalue weighted by Gasteiger charge is 2.36.